The normalized spacial score (nSPS) is 10.9. The standard InChI is InChI=1S/C14H14ClNO2/c1-4-9-10-6-7(2)5-8(3)12(10)16-13(15)11(9)14(17)18/h5-6H,4H2,1-3H3,(H,17,18). The van der Waals surface area contributed by atoms with Crippen LogP contribution in [0.5, 0.6) is 0 Å². The summed E-state index contributed by atoms with van der Waals surface area (Å²) in [7, 11) is 0. The molecule has 1 aromatic heterocycles. The van der Waals surface area contributed by atoms with Gasteiger partial charge in [-0.1, -0.05) is 30.2 Å². The number of aryl methyl sites for hydroxylation is 3. The molecule has 0 spiro atoms. The van der Waals surface area contributed by atoms with Gasteiger partial charge < -0.3 is 5.11 Å². The Balaban J connectivity index is 2.99. The monoisotopic (exact) mass is 263 g/mol. The lowest BCUT2D eigenvalue weighted by molar-refractivity contribution is 0.0695. The molecule has 1 aromatic carbocycles. The van der Waals surface area contributed by atoms with E-state index in [1.54, 1.807) is 0 Å². The van der Waals surface area contributed by atoms with Crippen molar-refractivity contribution in [2.45, 2.75) is 27.2 Å². The van der Waals surface area contributed by atoms with Gasteiger partial charge in [-0.2, -0.15) is 0 Å². The number of benzene rings is 1. The molecule has 0 aliphatic heterocycles. The summed E-state index contributed by atoms with van der Waals surface area (Å²) in [4.78, 5) is 15.5. The average Bonchev–Trinajstić information content (AvgIpc) is 2.28. The Morgan fingerprint density at radius 2 is 2.06 bits per heavy atom. The second kappa shape index (κ2) is 4.58. The molecule has 0 amide bonds. The van der Waals surface area contributed by atoms with Gasteiger partial charge in [0.25, 0.3) is 0 Å². The minimum atomic E-state index is -1.02. The lowest BCUT2D eigenvalue weighted by Crippen LogP contribution is -2.06. The van der Waals surface area contributed by atoms with E-state index in [0.717, 1.165) is 27.6 Å². The molecule has 3 nitrogen and oxygen atoms in total. The van der Waals surface area contributed by atoms with Crippen molar-refractivity contribution in [3.63, 3.8) is 0 Å². The second-order valence-electron chi connectivity index (χ2n) is 4.39. The Morgan fingerprint density at radius 3 is 2.61 bits per heavy atom. The second-order valence-corrected chi connectivity index (χ2v) is 4.75. The molecule has 0 aliphatic rings. The van der Waals surface area contributed by atoms with Crippen molar-refractivity contribution in [1.29, 1.82) is 0 Å². The highest BCUT2D eigenvalue weighted by Crippen LogP contribution is 2.29. The van der Waals surface area contributed by atoms with Crippen LogP contribution >= 0.6 is 11.6 Å². The summed E-state index contributed by atoms with van der Waals surface area (Å²) in [5, 5.41) is 10.2. The molecule has 1 heterocycles. The molecule has 2 rings (SSSR count). The molecule has 0 saturated heterocycles. The van der Waals surface area contributed by atoms with E-state index in [4.69, 9.17) is 11.6 Å². The summed E-state index contributed by atoms with van der Waals surface area (Å²) in [6.07, 6.45) is 0.614. The molecule has 0 bridgehead atoms. The lowest BCUT2D eigenvalue weighted by Gasteiger charge is -2.12. The zero-order valence-corrected chi connectivity index (χ0v) is 11.3. The van der Waals surface area contributed by atoms with Gasteiger partial charge in [-0.15, -0.1) is 0 Å². The molecule has 94 valence electrons. The summed E-state index contributed by atoms with van der Waals surface area (Å²) in [5.41, 5.74) is 3.77. The number of halogens is 1. The fourth-order valence-electron chi connectivity index (χ4n) is 2.34. The van der Waals surface area contributed by atoms with Gasteiger partial charge >= 0.3 is 5.97 Å². The predicted octanol–water partition coefficient (Wildman–Crippen LogP) is 3.77. The summed E-state index contributed by atoms with van der Waals surface area (Å²) in [6.45, 7) is 5.87. The number of rotatable bonds is 2. The van der Waals surface area contributed by atoms with Gasteiger partial charge in [0, 0.05) is 5.39 Å². The van der Waals surface area contributed by atoms with Crippen LogP contribution in [-0.2, 0) is 6.42 Å². The fourth-order valence-corrected chi connectivity index (χ4v) is 2.62. The van der Waals surface area contributed by atoms with E-state index in [1.807, 2.05) is 32.9 Å². The summed E-state index contributed by atoms with van der Waals surface area (Å²) < 4.78 is 0. The minimum absolute atomic E-state index is 0.0683. The first-order chi connectivity index (χ1) is 8.45. The Bertz CT molecular complexity index is 650. The van der Waals surface area contributed by atoms with Crippen molar-refractivity contribution in [2.75, 3.05) is 0 Å². The summed E-state index contributed by atoms with van der Waals surface area (Å²) >= 11 is 6.00. The zero-order chi connectivity index (χ0) is 13.4. The first-order valence-corrected chi connectivity index (χ1v) is 6.16. The van der Waals surface area contributed by atoms with E-state index in [0.29, 0.717) is 6.42 Å². The summed E-state index contributed by atoms with van der Waals surface area (Å²) in [6, 6.07) is 3.99. The highest BCUT2D eigenvalue weighted by Gasteiger charge is 2.19. The highest BCUT2D eigenvalue weighted by atomic mass is 35.5. The van der Waals surface area contributed by atoms with Crippen LogP contribution < -0.4 is 0 Å². The van der Waals surface area contributed by atoms with E-state index in [9.17, 15) is 9.90 Å². The number of carbonyl (C=O) groups is 1. The third-order valence-corrected chi connectivity index (χ3v) is 3.33. The van der Waals surface area contributed by atoms with Crippen LogP contribution in [0, 0.1) is 13.8 Å². The first kappa shape index (κ1) is 12.8. The SMILES string of the molecule is CCc1c(C(=O)O)c(Cl)nc2c(C)cc(C)cc12. The van der Waals surface area contributed by atoms with Crippen LogP contribution in [0.2, 0.25) is 5.15 Å². The number of carboxylic acid groups (broad SMARTS) is 1. The Labute approximate surface area is 110 Å². The molecule has 0 fully saturated rings. The van der Waals surface area contributed by atoms with Crippen LogP contribution in [-0.4, -0.2) is 16.1 Å². The van der Waals surface area contributed by atoms with Crippen molar-refractivity contribution in [2.24, 2.45) is 0 Å². The van der Waals surface area contributed by atoms with E-state index in [-0.39, 0.29) is 10.7 Å². The Hall–Kier alpha value is -1.61. The van der Waals surface area contributed by atoms with E-state index in [2.05, 4.69) is 4.98 Å². The molecule has 0 radical (unpaired) electrons. The van der Waals surface area contributed by atoms with E-state index in [1.165, 1.54) is 0 Å². The van der Waals surface area contributed by atoms with Gasteiger partial charge in [-0.25, -0.2) is 9.78 Å². The number of carboxylic acids is 1. The van der Waals surface area contributed by atoms with Crippen LogP contribution in [0.15, 0.2) is 12.1 Å². The molecule has 1 N–H and O–H groups in total. The number of nitrogens with zero attached hydrogens (tertiary/aromatic N) is 1. The number of aromatic carboxylic acids is 1. The van der Waals surface area contributed by atoms with Crippen molar-refractivity contribution >= 4 is 28.5 Å². The van der Waals surface area contributed by atoms with E-state index >= 15 is 0 Å². The van der Waals surface area contributed by atoms with Crippen LogP contribution in [0.3, 0.4) is 0 Å². The van der Waals surface area contributed by atoms with Crippen molar-refractivity contribution in [3.8, 4) is 0 Å². The number of pyridine rings is 1. The maximum absolute atomic E-state index is 11.3. The fraction of sp³-hybridized carbons (Fsp3) is 0.286. The highest BCUT2D eigenvalue weighted by molar-refractivity contribution is 6.33. The molecule has 2 aromatic rings. The molecule has 18 heavy (non-hydrogen) atoms. The zero-order valence-electron chi connectivity index (χ0n) is 10.5. The van der Waals surface area contributed by atoms with Gasteiger partial charge in [-0.05, 0) is 37.5 Å². The number of aromatic nitrogens is 1. The maximum atomic E-state index is 11.3. The summed E-state index contributed by atoms with van der Waals surface area (Å²) in [5.74, 6) is -1.02. The molecule has 0 aliphatic carbocycles. The van der Waals surface area contributed by atoms with Gasteiger partial charge in [0.05, 0.1) is 5.52 Å². The number of hydrogen-bond donors (Lipinski definition) is 1. The van der Waals surface area contributed by atoms with Crippen molar-refractivity contribution in [1.82, 2.24) is 4.98 Å². The van der Waals surface area contributed by atoms with Crippen LogP contribution in [0.1, 0.15) is 34.0 Å². The lowest BCUT2D eigenvalue weighted by atomic mass is 9.97. The topological polar surface area (TPSA) is 50.2 Å². The average molecular weight is 264 g/mol. The smallest absolute Gasteiger partial charge is 0.339 e. The molecule has 0 unspecified atom stereocenters. The largest absolute Gasteiger partial charge is 0.478 e. The van der Waals surface area contributed by atoms with Gasteiger partial charge in [0.2, 0.25) is 0 Å². The third-order valence-electron chi connectivity index (χ3n) is 3.06. The molecule has 4 heteroatoms. The minimum Gasteiger partial charge on any atom is -0.478 e. The van der Waals surface area contributed by atoms with Crippen LogP contribution in [0.25, 0.3) is 10.9 Å². The molecule has 0 atom stereocenters. The first-order valence-electron chi connectivity index (χ1n) is 5.78. The van der Waals surface area contributed by atoms with Crippen molar-refractivity contribution < 1.29 is 9.90 Å². The van der Waals surface area contributed by atoms with Crippen molar-refractivity contribution in [3.05, 3.63) is 39.5 Å². The molecule has 0 saturated carbocycles. The molecular formula is C14H14ClNO2. The van der Waals surface area contributed by atoms with Crippen LogP contribution in [0.4, 0.5) is 0 Å². The van der Waals surface area contributed by atoms with Gasteiger partial charge in [-0.3, -0.25) is 0 Å². The van der Waals surface area contributed by atoms with Gasteiger partial charge in [0.1, 0.15) is 10.7 Å². The third kappa shape index (κ3) is 1.95. The maximum Gasteiger partial charge on any atom is 0.339 e. The number of fused-ring (bicyclic) bond motifs is 1. The quantitative estimate of drug-likeness (QED) is 0.839. The predicted molar refractivity (Wildman–Crippen MR) is 72.6 cm³/mol. The Morgan fingerprint density at radius 1 is 1.39 bits per heavy atom. The van der Waals surface area contributed by atoms with Gasteiger partial charge in [0.15, 0.2) is 0 Å². The number of hydrogen-bond acceptors (Lipinski definition) is 2. The van der Waals surface area contributed by atoms with E-state index < -0.39 is 5.97 Å². The molecular weight excluding hydrogens is 250 g/mol. The Kier molecular flexibility index (Phi) is 3.26.